The Morgan fingerprint density at radius 2 is 1.75 bits per heavy atom. The zero-order valence-electron chi connectivity index (χ0n) is 17.4. The van der Waals surface area contributed by atoms with Gasteiger partial charge in [0, 0.05) is 36.2 Å². The van der Waals surface area contributed by atoms with E-state index in [9.17, 15) is 0 Å². The predicted molar refractivity (Wildman–Crippen MR) is 124 cm³/mol. The van der Waals surface area contributed by atoms with Gasteiger partial charge in [0.25, 0.3) is 0 Å². The first kappa shape index (κ1) is 18.8. The second-order valence-corrected chi connectivity index (χ2v) is 7.68. The molecule has 1 fully saturated rings. The summed E-state index contributed by atoms with van der Waals surface area (Å²) in [6.45, 7) is 3.33. The summed E-state index contributed by atoms with van der Waals surface area (Å²) in [6, 6.07) is 25.4. The summed E-state index contributed by atoms with van der Waals surface area (Å²) in [4.78, 5) is 12.2. The summed E-state index contributed by atoms with van der Waals surface area (Å²) in [6.07, 6.45) is 1.80. The lowest BCUT2D eigenvalue weighted by molar-refractivity contribution is 0.122. The summed E-state index contributed by atoms with van der Waals surface area (Å²) in [7, 11) is 0. The number of ether oxygens (including phenoxy) is 1. The third-order valence-corrected chi connectivity index (χ3v) is 5.71. The highest BCUT2D eigenvalue weighted by molar-refractivity contribution is 5.82. The van der Waals surface area contributed by atoms with E-state index in [0.29, 0.717) is 0 Å². The van der Waals surface area contributed by atoms with E-state index in [4.69, 9.17) is 14.7 Å². The van der Waals surface area contributed by atoms with Crippen LogP contribution in [0.2, 0.25) is 0 Å². The molecule has 1 radical (unpaired) electrons. The van der Waals surface area contributed by atoms with Crippen molar-refractivity contribution in [1.82, 2.24) is 24.7 Å². The third-order valence-electron chi connectivity index (χ3n) is 5.71. The lowest BCUT2D eigenvalue weighted by Crippen LogP contribution is -2.36. The predicted octanol–water partition coefficient (Wildman–Crippen LogP) is 4.11. The average molecular weight is 421 g/mol. The van der Waals surface area contributed by atoms with Crippen molar-refractivity contribution >= 4 is 16.9 Å². The molecule has 0 atom stereocenters. The standard InChI is InChI=1S/C25H21N6O/c1-2-6-19(7-3-1)31-24-22(28-25(31)23-11-12-26-29-23)10-9-21(27-24)18-5-4-8-20(17-18)30-13-15-32-16-14-30/h2-12,17H,13-16H2,(H,26,29). The Hall–Kier alpha value is -3.97. The topological polar surface area (TPSA) is 71.9 Å². The number of morpholine rings is 1. The van der Waals surface area contributed by atoms with E-state index in [0.717, 1.165) is 65.9 Å². The fourth-order valence-electron chi connectivity index (χ4n) is 4.13. The molecule has 0 unspecified atom stereocenters. The second kappa shape index (κ2) is 7.94. The largest absolute Gasteiger partial charge is 0.378 e. The normalized spacial score (nSPS) is 14.2. The maximum absolute atomic E-state index is 5.50. The quantitative estimate of drug-likeness (QED) is 0.473. The van der Waals surface area contributed by atoms with Gasteiger partial charge in [0.2, 0.25) is 0 Å². The van der Waals surface area contributed by atoms with Crippen molar-refractivity contribution in [3.8, 4) is 28.5 Å². The highest BCUT2D eigenvalue weighted by Gasteiger charge is 2.18. The number of aromatic nitrogens is 5. The molecule has 7 nitrogen and oxygen atoms in total. The van der Waals surface area contributed by atoms with Crippen LogP contribution >= 0.6 is 0 Å². The zero-order chi connectivity index (χ0) is 21.3. The smallest absolute Gasteiger partial charge is 0.167 e. The first-order valence-corrected chi connectivity index (χ1v) is 10.7. The highest BCUT2D eigenvalue weighted by atomic mass is 16.5. The van der Waals surface area contributed by atoms with Gasteiger partial charge < -0.3 is 9.64 Å². The molecular weight excluding hydrogens is 400 g/mol. The van der Waals surface area contributed by atoms with E-state index in [1.165, 1.54) is 5.69 Å². The molecule has 0 saturated carbocycles. The van der Waals surface area contributed by atoms with Crippen molar-refractivity contribution < 1.29 is 4.74 Å². The Bertz CT molecular complexity index is 1350. The molecule has 4 heterocycles. The number of rotatable bonds is 4. The Kier molecular flexibility index (Phi) is 4.66. The van der Waals surface area contributed by atoms with Gasteiger partial charge in [-0.05, 0) is 48.5 Å². The van der Waals surface area contributed by atoms with Gasteiger partial charge >= 0.3 is 0 Å². The molecule has 5 aromatic rings. The van der Waals surface area contributed by atoms with E-state index in [1.807, 2.05) is 42.5 Å². The van der Waals surface area contributed by atoms with Crippen molar-refractivity contribution in [2.45, 2.75) is 0 Å². The molecule has 1 aliphatic heterocycles. The number of fused-ring (bicyclic) bond motifs is 1. The number of imidazole rings is 1. The number of pyridine rings is 1. The molecule has 1 N–H and O–H groups in total. The van der Waals surface area contributed by atoms with Gasteiger partial charge in [-0.2, -0.15) is 5.10 Å². The number of hydrogen-bond acceptors (Lipinski definition) is 5. The van der Waals surface area contributed by atoms with Crippen molar-refractivity contribution in [1.29, 1.82) is 0 Å². The molecule has 0 bridgehead atoms. The molecule has 32 heavy (non-hydrogen) atoms. The van der Waals surface area contributed by atoms with E-state index in [1.54, 1.807) is 6.20 Å². The van der Waals surface area contributed by atoms with Gasteiger partial charge in [-0.15, -0.1) is 0 Å². The molecule has 1 aliphatic rings. The first-order valence-electron chi connectivity index (χ1n) is 10.7. The van der Waals surface area contributed by atoms with Crippen LogP contribution in [-0.4, -0.2) is 51.0 Å². The van der Waals surface area contributed by atoms with Gasteiger partial charge in [0.15, 0.2) is 11.5 Å². The lowest BCUT2D eigenvalue weighted by atomic mass is 10.1. The van der Waals surface area contributed by atoms with Gasteiger partial charge in [0.1, 0.15) is 11.2 Å². The minimum atomic E-state index is 0.749. The summed E-state index contributed by atoms with van der Waals surface area (Å²) in [5, 5.41) is 7.23. The summed E-state index contributed by atoms with van der Waals surface area (Å²) in [5.41, 5.74) is 6.53. The maximum atomic E-state index is 5.50. The number of H-pyrrole nitrogens is 1. The molecule has 0 amide bonds. The Morgan fingerprint density at radius 1 is 0.875 bits per heavy atom. The molecule has 0 spiro atoms. The highest BCUT2D eigenvalue weighted by Crippen LogP contribution is 2.30. The van der Waals surface area contributed by atoms with Crippen molar-refractivity contribution in [3.63, 3.8) is 0 Å². The van der Waals surface area contributed by atoms with Crippen LogP contribution in [0.15, 0.2) is 72.9 Å². The fourth-order valence-corrected chi connectivity index (χ4v) is 4.13. The van der Waals surface area contributed by atoms with Crippen LogP contribution in [0.4, 0.5) is 5.69 Å². The van der Waals surface area contributed by atoms with Crippen LogP contribution in [0.25, 0.3) is 39.6 Å². The van der Waals surface area contributed by atoms with Gasteiger partial charge in [-0.1, -0.05) is 24.3 Å². The van der Waals surface area contributed by atoms with Crippen molar-refractivity contribution in [2.75, 3.05) is 31.2 Å². The van der Waals surface area contributed by atoms with E-state index >= 15 is 0 Å². The number of benzene rings is 2. The van der Waals surface area contributed by atoms with Gasteiger partial charge in [0.05, 0.1) is 18.9 Å². The monoisotopic (exact) mass is 421 g/mol. The Labute approximate surface area is 185 Å². The molecule has 157 valence electrons. The Morgan fingerprint density at radius 3 is 2.56 bits per heavy atom. The van der Waals surface area contributed by atoms with E-state index < -0.39 is 0 Å². The zero-order valence-corrected chi connectivity index (χ0v) is 17.4. The number of aromatic amines is 1. The summed E-state index contributed by atoms with van der Waals surface area (Å²) < 4.78 is 7.55. The lowest BCUT2D eigenvalue weighted by Gasteiger charge is -2.29. The number of nitrogens with zero attached hydrogens (tertiary/aromatic N) is 5. The summed E-state index contributed by atoms with van der Waals surface area (Å²) >= 11 is 0. The van der Waals surface area contributed by atoms with Gasteiger partial charge in [-0.3, -0.25) is 9.67 Å². The molecular formula is C25H21N6O. The van der Waals surface area contributed by atoms with Crippen LogP contribution in [0, 0.1) is 6.07 Å². The third kappa shape index (κ3) is 3.33. The Balaban J connectivity index is 1.49. The SMILES string of the molecule is [c]1ccc(-n2c(-c3cc[nH]n3)nc3ccc(-c4cccc(N5CCOCC5)c4)nc32)cc1. The number of hydrogen-bond donors (Lipinski definition) is 1. The van der Waals surface area contributed by atoms with E-state index in [-0.39, 0.29) is 0 Å². The van der Waals surface area contributed by atoms with Crippen LogP contribution in [-0.2, 0) is 4.74 Å². The molecule has 0 aliphatic carbocycles. The first-order chi connectivity index (χ1) is 15.9. The molecule has 7 heteroatoms. The molecule has 1 saturated heterocycles. The fraction of sp³-hybridized carbons (Fsp3) is 0.160. The van der Waals surface area contributed by atoms with Crippen molar-refractivity contribution in [3.05, 3.63) is 79.0 Å². The van der Waals surface area contributed by atoms with Crippen LogP contribution < -0.4 is 4.90 Å². The number of nitrogens with one attached hydrogen (secondary N) is 1. The summed E-state index contributed by atoms with van der Waals surface area (Å²) in [5.74, 6) is 0.749. The van der Waals surface area contributed by atoms with Crippen molar-refractivity contribution in [2.24, 2.45) is 0 Å². The molecule has 3 aromatic heterocycles. The van der Waals surface area contributed by atoms with Gasteiger partial charge in [-0.25, -0.2) is 9.97 Å². The van der Waals surface area contributed by atoms with E-state index in [2.05, 4.69) is 50.0 Å². The second-order valence-electron chi connectivity index (χ2n) is 7.68. The minimum absolute atomic E-state index is 0.749. The van der Waals surface area contributed by atoms with Crippen LogP contribution in [0.1, 0.15) is 0 Å². The molecule has 6 rings (SSSR count). The average Bonchev–Trinajstić information content (AvgIpc) is 3.53. The van der Waals surface area contributed by atoms with Crippen LogP contribution in [0.3, 0.4) is 0 Å². The minimum Gasteiger partial charge on any atom is -0.378 e. The van der Waals surface area contributed by atoms with Crippen LogP contribution in [0.5, 0.6) is 0 Å². The maximum Gasteiger partial charge on any atom is 0.167 e. The molecule has 2 aromatic carbocycles. The number of anilines is 1.